The number of carbonyl (C=O) groups excluding carboxylic acids is 2. The quantitative estimate of drug-likeness (QED) is 0.650. The molecule has 2 amide bonds. The van der Waals surface area contributed by atoms with E-state index in [9.17, 15) is 9.59 Å². The van der Waals surface area contributed by atoms with Crippen molar-refractivity contribution in [1.29, 1.82) is 0 Å². The molecule has 0 N–H and O–H groups in total. The number of piperazine rings is 1. The molecule has 1 fully saturated rings. The lowest BCUT2D eigenvalue weighted by Gasteiger charge is -2.34. The van der Waals surface area contributed by atoms with Gasteiger partial charge in [0.05, 0.1) is 18.1 Å². The molecule has 3 rings (SSSR count). The maximum absolute atomic E-state index is 12.5. The smallest absolute Gasteiger partial charge is 0.264 e. The van der Waals surface area contributed by atoms with Gasteiger partial charge in [-0.3, -0.25) is 9.59 Å². The van der Waals surface area contributed by atoms with Gasteiger partial charge in [0.1, 0.15) is 0 Å². The number of thiophene rings is 1. The third kappa shape index (κ3) is 5.38. The molecule has 1 aromatic carbocycles. The van der Waals surface area contributed by atoms with Crippen LogP contribution in [0, 0.1) is 0 Å². The monoisotopic (exact) mass is 414 g/mol. The van der Waals surface area contributed by atoms with Gasteiger partial charge in [0.25, 0.3) is 5.91 Å². The Bertz CT molecular complexity index is 856. The van der Waals surface area contributed by atoms with Crippen LogP contribution >= 0.6 is 11.3 Å². The first-order valence-electron chi connectivity index (χ1n) is 9.81. The second-order valence-electron chi connectivity index (χ2n) is 6.50. The van der Waals surface area contributed by atoms with Gasteiger partial charge in [-0.1, -0.05) is 12.1 Å². The number of ether oxygens (including phenoxy) is 2. The van der Waals surface area contributed by atoms with Gasteiger partial charge in [0.2, 0.25) is 5.91 Å². The van der Waals surface area contributed by atoms with Crippen LogP contribution in [0.4, 0.5) is 0 Å². The summed E-state index contributed by atoms with van der Waals surface area (Å²) in [6.07, 6.45) is 3.35. The second kappa shape index (κ2) is 10.1. The minimum Gasteiger partial charge on any atom is -0.490 e. The van der Waals surface area contributed by atoms with Crippen LogP contribution in [0.25, 0.3) is 6.08 Å². The lowest BCUT2D eigenvalue weighted by atomic mass is 10.1. The van der Waals surface area contributed by atoms with Gasteiger partial charge in [0, 0.05) is 32.3 Å². The molecule has 1 aliphatic rings. The highest BCUT2D eigenvalue weighted by Crippen LogP contribution is 2.29. The van der Waals surface area contributed by atoms with Crippen molar-refractivity contribution in [3.63, 3.8) is 0 Å². The Hall–Kier alpha value is -2.80. The fourth-order valence-corrected chi connectivity index (χ4v) is 3.82. The number of hydrogen-bond acceptors (Lipinski definition) is 5. The second-order valence-corrected chi connectivity index (χ2v) is 7.45. The van der Waals surface area contributed by atoms with Crippen molar-refractivity contribution < 1.29 is 19.1 Å². The molecule has 0 radical (unpaired) electrons. The van der Waals surface area contributed by atoms with Gasteiger partial charge in [-0.15, -0.1) is 11.3 Å². The highest BCUT2D eigenvalue weighted by molar-refractivity contribution is 7.12. The zero-order valence-corrected chi connectivity index (χ0v) is 17.6. The van der Waals surface area contributed by atoms with Crippen LogP contribution in [0.2, 0.25) is 0 Å². The predicted octanol–water partition coefficient (Wildman–Crippen LogP) is 3.54. The summed E-state index contributed by atoms with van der Waals surface area (Å²) in [5.74, 6) is 1.36. The van der Waals surface area contributed by atoms with Crippen LogP contribution < -0.4 is 9.47 Å². The van der Waals surface area contributed by atoms with Crippen molar-refractivity contribution in [3.05, 3.63) is 52.2 Å². The van der Waals surface area contributed by atoms with E-state index in [0.29, 0.717) is 50.9 Å². The van der Waals surface area contributed by atoms with Crippen molar-refractivity contribution >= 4 is 29.2 Å². The van der Waals surface area contributed by atoms with Gasteiger partial charge in [0.15, 0.2) is 11.5 Å². The Kier molecular flexibility index (Phi) is 7.30. The van der Waals surface area contributed by atoms with Gasteiger partial charge in [-0.05, 0) is 49.1 Å². The molecule has 29 heavy (non-hydrogen) atoms. The van der Waals surface area contributed by atoms with E-state index in [1.165, 1.54) is 11.3 Å². The molecule has 154 valence electrons. The van der Waals surface area contributed by atoms with Crippen LogP contribution in [-0.2, 0) is 4.79 Å². The third-order valence-electron chi connectivity index (χ3n) is 4.60. The average Bonchev–Trinajstić information content (AvgIpc) is 3.28. The lowest BCUT2D eigenvalue weighted by molar-refractivity contribution is -0.127. The molecule has 6 nitrogen and oxygen atoms in total. The number of benzene rings is 1. The van der Waals surface area contributed by atoms with E-state index >= 15 is 0 Å². The van der Waals surface area contributed by atoms with Crippen molar-refractivity contribution in [2.24, 2.45) is 0 Å². The van der Waals surface area contributed by atoms with Crippen molar-refractivity contribution in [2.45, 2.75) is 13.8 Å². The SMILES string of the molecule is CCOc1ccc(/C=C/C(=O)N2CCN(C(=O)c3cccs3)CC2)cc1OCC. The maximum Gasteiger partial charge on any atom is 0.264 e. The average molecular weight is 415 g/mol. The Morgan fingerprint density at radius 2 is 1.69 bits per heavy atom. The first kappa shape index (κ1) is 20.9. The van der Waals surface area contributed by atoms with Gasteiger partial charge < -0.3 is 19.3 Å². The van der Waals surface area contributed by atoms with Crippen LogP contribution in [0.3, 0.4) is 0 Å². The van der Waals surface area contributed by atoms with E-state index in [2.05, 4.69) is 0 Å². The lowest BCUT2D eigenvalue weighted by Crippen LogP contribution is -2.50. The van der Waals surface area contributed by atoms with Gasteiger partial charge >= 0.3 is 0 Å². The van der Waals surface area contributed by atoms with Crippen LogP contribution in [-0.4, -0.2) is 61.0 Å². The van der Waals surface area contributed by atoms with E-state index in [1.54, 1.807) is 22.0 Å². The predicted molar refractivity (Wildman–Crippen MR) is 115 cm³/mol. The van der Waals surface area contributed by atoms with Crippen LogP contribution in [0.15, 0.2) is 41.8 Å². The molecule has 0 saturated carbocycles. The van der Waals surface area contributed by atoms with E-state index in [1.807, 2.05) is 49.6 Å². The summed E-state index contributed by atoms with van der Waals surface area (Å²) in [4.78, 5) is 29.3. The normalized spacial score (nSPS) is 14.3. The number of amides is 2. The topological polar surface area (TPSA) is 59.1 Å². The number of rotatable bonds is 7. The molecule has 0 bridgehead atoms. The first-order chi connectivity index (χ1) is 14.1. The highest BCUT2D eigenvalue weighted by atomic mass is 32.1. The fourth-order valence-electron chi connectivity index (χ4n) is 3.13. The van der Waals surface area contributed by atoms with Gasteiger partial charge in [-0.2, -0.15) is 0 Å². The number of carbonyl (C=O) groups is 2. The van der Waals surface area contributed by atoms with E-state index in [4.69, 9.17) is 9.47 Å². The Morgan fingerprint density at radius 3 is 2.34 bits per heavy atom. The molecular weight excluding hydrogens is 388 g/mol. The molecule has 2 heterocycles. The Morgan fingerprint density at radius 1 is 1.00 bits per heavy atom. The largest absolute Gasteiger partial charge is 0.490 e. The van der Waals surface area contributed by atoms with Crippen molar-refractivity contribution in [3.8, 4) is 11.5 Å². The van der Waals surface area contributed by atoms with E-state index < -0.39 is 0 Å². The molecule has 2 aromatic rings. The summed E-state index contributed by atoms with van der Waals surface area (Å²) in [7, 11) is 0. The minimum absolute atomic E-state index is 0.0421. The standard InChI is InChI=1S/C22H26N2O4S/c1-3-27-18-9-7-17(16-19(18)28-4-2)8-10-21(25)23-11-13-24(14-12-23)22(26)20-6-5-15-29-20/h5-10,15-16H,3-4,11-14H2,1-2H3/b10-8+. The van der Waals surface area contributed by atoms with Crippen molar-refractivity contribution in [2.75, 3.05) is 39.4 Å². The minimum atomic E-state index is -0.0555. The zero-order chi connectivity index (χ0) is 20.6. The van der Waals surface area contributed by atoms with E-state index in [-0.39, 0.29) is 11.8 Å². The third-order valence-corrected chi connectivity index (χ3v) is 5.45. The fraction of sp³-hybridized carbons (Fsp3) is 0.364. The molecular formula is C22H26N2O4S. The number of hydrogen-bond donors (Lipinski definition) is 0. The summed E-state index contributed by atoms with van der Waals surface area (Å²) in [6.45, 7) is 7.12. The maximum atomic E-state index is 12.5. The summed E-state index contributed by atoms with van der Waals surface area (Å²) >= 11 is 1.44. The summed E-state index contributed by atoms with van der Waals surface area (Å²) < 4.78 is 11.2. The highest BCUT2D eigenvalue weighted by Gasteiger charge is 2.24. The summed E-state index contributed by atoms with van der Waals surface area (Å²) in [5.41, 5.74) is 0.872. The molecule has 0 unspecified atom stereocenters. The van der Waals surface area contributed by atoms with Crippen LogP contribution in [0.1, 0.15) is 29.1 Å². The molecule has 1 aliphatic heterocycles. The molecule has 0 aliphatic carbocycles. The molecule has 0 spiro atoms. The first-order valence-corrected chi connectivity index (χ1v) is 10.7. The Labute approximate surface area is 175 Å². The molecule has 1 aromatic heterocycles. The van der Waals surface area contributed by atoms with Crippen LogP contribution in [0.5, 0.6) is 11.5 Å². The van der Waals surface area contributed by atoms with E-state index in [0.717, 1.165) is 10.4 Å². The molecule has 1 saturated heterocycles. The molecule has 7 heteroatoms. The van der Waals surface area contributed by atoms with Crippen molar-refractivity contribution in [1.82, 2.24) is 9.80 Å². The zero-order valence-electron chi connectivity index (χ0n) is 16.8. The molecule has 0 atom stereocenters. The Balaban J connectivity index is 1.57. The summed E-state index contributed by atoms with van der Waals surface area (Å²) in [5, 5.41) is 1.90. The summed E-state index contributed by atoms with van der Waals surface area (Å²) in [6, 6.07) is 9.33. The van der Waals surface area contributed by atoms with Gasteiger partial charge in [-0.25, -0.2) is 0 Å². The number of nitrogens with zero attached hydrogens (tertiary/aromatic N) is 2.